The van der Waals surface area contributed by atoms with Crippen LogP contribution in [0.3, 0.4) is 0 Å². The SMILES string of the molecule is CC(C)NC(=O)c1ccccc1NC(=O)COc1ccccc1C(F)(F)F. The highest BCUT2D eigenvalue weighted by Crippen LogP contribution is 2.35. The molecule has 27 heavy (non-hydrogen) atoms. The molecule has 2 N–H and O–H groups in total. The van der Waals surface area contributed by atoms with Crippen LogP contribution in [-0.2, 0) is 11.0 Å². The highest BCUT2D eigenvalue weighted by atomic mass is 19.4. The lowest BCUT2D eigenvalue weighted by molar-refractivity contribution is -0.139. The number of anilines is 1. The number of hydrogen-bond donors (Lipinski definition) is 2. The molecule has 5 nitrogen and oxygen atoms in total. The van der Waals surface area contributed by atoms with E-state index < -0.39 is 30.0 Å². The molecule has 2 aromatic carbocycles. The molecule has 0 radical (unpaired) electrons. The zero-order valence-electron chi connectivity index (χ0n) is 14.8. The Labute approximate surface area is 154 Å². The number of amides is 2. The van der Waals surface area contributed by atoms with E-state index >= 15 is 0 Å². The average Bonchev–Trinajstić information content (AvgIpc) is 2.59. The summed E-state index contributed by atoms with van der Waals surface area (Å²) in [7, 11) is 0. The summed E-state index contributed by atoms with van der Waals surface area (Å²) >= 11 is 0. The molecule has 0 saturated heterocycles. The number of nitrogens with one attached hydrogen (secondary N) is 2. The van der Waals surface area contributed by atoms with Crippen molar-refractivity contribution in [3.05, 3.63) is 59.7 Å². The van der Waals surface area contributed by atoms with Gasteiger partial charge in [-0.3, -0.25) is 9.59 Å². The second-order valence-corrected chi connectivity index (χ2v) is 6.00. The fourth-order valence-corrected chi connectivity index (χ4v) is 2.29. The van der Waals surface area contributed by atoms with E-state index in [9.17, 15) is 22.8 Å². The lowest BCUT2D eigenvalue weighted by Gasteiger charge is -2.15. The molecule has 0 aliphatic rings. The number of carbonyl (C=O) groups excluding carboxylic acids is 2. The van der Waals surface area contributed by atoms with Gasteiger partial charge < -0.3 is 15.4 Å². The van der Waals surface area contributed by atoms with Gasteiger partial charge in [0.2, 0.25) is 0 Å². The Morgan fingerprint density at radius 3 is 2.33 bits per heavy atom. The first-order valence-corrected chi connectivity index (χ1v) is 8.17. The van der Waals surface area contributed by atoms with Crippen molar-refractivity contribution < 1.29 is 27.5 Å². The monoisotopic (exact) mass is 380 g/mol. The molecular weight excluding hydrogens is 361 g/mol. The van der Waals surface area contributed by atoms with Crippen LogP contribution in [-0.4, -0.2) is 24.5 Å². The van der Waals surface area contributed by atoms with Crippen LogP contribution in [0.4, 0.5) is 18.9 Å². The van der Waals surface area contributed by atoms with E-state index in [1.807, 2.05) is 0 Å². The predicted octanol–water partition coefficient (Wildman–Crippen LogP) is 3.86. The van der Waals surface area contributed by atoms with Crippen LogP contribution >= 0.6 is 0 Å². The average molecular weight is 380 g/mol. The molecule has 144 valence electrons. The minimum absolute atomic E-state index is 0.0940. The number of alkyl halides is 3. The number of para-hydroxylation sites is 2. The molecule has 0 aliphatic carbocycles. The zero-order valence-corrected chi connectivity index (χ0v) is 14.8. The minimum Gasteiger partial charge on any atom is -0.483 e. The van der Waals surface area contributed by atoms with Gasteiger partial charge in [-0.05, 0) is 38.1 Å². The smallest absolute Gasteiger partial charge is 0.419 e. The molecule has 0 aromatic heterocycles. The van der Waals surface area contributed by atoms with Gasteiger partial charge in [-0.15, -0.1) is 0 Å². The molecule has 0 bridgehead atoms. The molecule has 8 heteroatoms. The molecule has 0 saturated carbocycles. The number of ether oxygens (including phenoxy) is 1. The van der Waals surface area contributed by atoms with Gasteiger partial charge >= 0.3 is 6.18 Å². The fraction of sp³-hybridized carbons (Fsp3) is 0.263. The van der Waals surface area contributed by atoms with Gasteiger partial charge in [-0.25, -0.2) is 0 Å². The quantitative estimate of drug-likeness (QED) is 0.800. The van der Waals surface area contributed by atoms with E-state index in [2.05, 4.69) is 10.6 Å². The molecule has 0 atom stereocenters. The molecule has 0 unspecified atom stereocenters. The first kappa shape index (κ1) is 20.3. The third kappa shape index (κ3) is 5.73. The maximum Gasteiger partial charge on any atom is 0.419 e. The van der Waals surface area contributed by atoms with Gasteiger partial charge in [-0.2, -0.15) is 13.2 Å². The first-order valence-electron chi connectivity index (χ1n) is 8.17. The van der Waals surface area contributed by atoms with E-state index in [1.54, 1.807) is 26.0 Å². The molecule has 0 aliphatic heterocycles. The summed E-state index contributed by atoms with van der Waals surface area (Å²) in [6, 6.07) is 10.9. The molecular formula is C19H19F3N2O3. The van der Waals surface area contributed by atoms with Gasteiger partial charge in [0.05, 0.1) is 16.8 Å². The number of benzene rings is 2. The maximum atomic E-state index is 12.9. The normalized spacial score (nSPS) is 11.2. The summed E-state index contributed by atoms with van der Waals surface area (Å²) in [5, 5.41) is 5.20. The van der Waals surface area contributed by atoms with Crippen molar-refractivity contribution in [3.63, 3.8) is 0 Å². The number of rotatable bonds is 6. The molecule has 2 rings (SSSR count). The van der Waals surface area contributed by atoms with Crippen LogP contribution in [0, 0.1) is 0 Å². The Morgan fingerprint density at radius 2 is 1.67 bits per heavy atom. The Morgan fingerprint density at radius 1 is 1.04 bits per heavy atom. The molecule has 0 fully saturated rings. The van der Waals surface area contributed by atoms with Gasteiger partial charge in [0.25, 0.3) is 11.8 Å². The zero-order chi connectivity index (χ0) is 20.0. The van der Waals surface area contributed by atoms with Gasteiger partial charge in [0.1, 0.15) is 5.75 Å². The van der Waals surface area contributed by atoms with E-state index in [0.717, 1.165) is 12.1 Å². The summed E-state index contributed by atoms with van der Waals surface area (Å²) in [6.07, 6.45) is -4.59. The summed E-state index contributed by atoms with van der Waals surface area (Å²) in [6.45, 7) is 2.96. The Kier molecular flexibility index (Phi) is 6.44. The van der Waals surface area contributed by atoms with Crippen molar-refractivity contribution >= 4 is 17.5 Å². The largest absolute Gasteiger partial charge is 0.483 e. The van der Waals surface area contributed by atoms with Crippen molar-refractivity contribution in [2.24, 2.45) is 0 Å². The van der Waals surface area contributed by atoms with Crippen LogP contribution in [0.25, 0.3) is 0 Å². The van der Waals surface area contributed by atoms with E-state index in [-0.39, 0.29) is 23.2 Å². The number of carbonyl (C=O) groups is 2. The second-order valence-electron chi connectivity index (χ2n) is 6.00. The Bertz CT molecular complexity index is 820. The predicted molar refractivity (Wildman–Crippen MR) is 94.6 cm³/mol. The second kappa shape index (κ2) is 8.57. The summed E-state index contributed by atoms with van der Waals surface area (Å²) in [5.41, 5.74) is -0.474. The third-order valence-electron chi connectivity index (χ3n) is 3.42. The summed E-state index contributed by atoms with van der Waals surface area (Å²) in [5.74, 6) is -1.49. The van der Waals surface area contributed by atoms with Gasteiger partial charge in [-0.1, -0.05) is 24.3 Å². The highest BCUT2D eigenvalue weighted by Gasteiger charge is 2.34. The third-order valence-corrected chi connectivity index (χ3v) is 3.42. The van der Waals surface area contributed by atoms with Crippen LogP contribution in [0.1, 0.15) is 29.8 Å². The van der Waals surface area contributed by atoms with Crippen molar-refractivity contribution in [1.82, 2.24) is 5.32 Å². The van der Waals surface area contributed by atoms with E-state index in [0.29, 0.717) is 0 Å². The van der Waals surface area contributed by atoms with E-state index in [4.69, 9.17) is 4.74 Å². The van der Waals surface area contributed by atoms with Gasteiger partial charge in [0.15, 0.2) is 6.61 Å². The lowest BCUT2D eigenvalue weighted by Crippen LogP contribution is -2.31. The summed E-state index contributed by atoms with van der Waals surface area (Å²) < 4.78 is 43.9. The summed E-state index contributed by atoms with van der Waals surface area (Å²) in [4.78, 5) is 24.3. The van der Waals surface area contributed by atoms with Crippen molar-refractivity contribution in [2.75, 3.05) is 11.9 Å². The lowest BCUT2D eigenvalue weighted by atomic mass is 10.1. The topological polar surface area (TPSA) is 67.4 Å². The standard InChI is InChI=1S/C19H19F3N2O3/c1-12(2)23-18(26)13-7-3-5-9-15(13)24-17(25)11-27-16-10-6-4-8-14(16)19(20,21)22/h3-10,12H,11H2,1-2H3,(H,23,26)(H,24,25). The first-order chi connectivity index (χ1) is 12.7. The molecule has 0 spiro atoms. The Hall–Kier alpha value is -3.03. The molecule has 0 heterocycles. The Balaban J connectivity index is 2.07. The van der Waals surface area contributed by atoms with Crippen LogP contribution < -0.4 is 15.4 Å². The fourth-order valence-electron chi connectivity index (χ4n) is 2.29. The van der Waals surface area contributed by atoms with Crippen molar-refractivity contribution in [2.45, 2.75) is 26.1 Å². The van der Waals surface area contributed by atoms with Crippen LogP contribution in [0.5, 0.6) is 5.75 Å². The number of hydrogen-bond acceptors (Lipinski definition) is 3. The van der Waals surface area contributed by atoms with Crippen LogP contribution in [0.2, 0.25) is 0 Å². The minimum atomic E-state index is -4.59. The van der Waals surface area contributed by atoms with Crippen LogP contribution in [0.15, 0.2) is 48.5 Å². The molecule has 2 amide bonds. The highest BCUT2D eigenvalue weighted by molar-refractivity contribution is 6.04. The number of halogens is 3. The van der Waals surface area contributed by atoms with E-state index in [1.165, 1.54) is 24.3 Å². The van der Waals surface area contributed by atoms with Gasteiger partial charge in [0, 0.05) is 6.04 Å². The van der Waals surface area contributed by atoms with Crippen molar-refractivity contribution in [1.29, 1.82) is 0 Å². The van der Waals surface area contributed by atoms with Crippen molar-refractivity contribution in [3.8, 4) is 5.75 Å². The molecule has 2 aromatic rings. The maximum absolute atomic E-state index is 12.9.